The molecule has 0 aliphatic rings. The van der Waals surface area contributed by atoms with Crippen LogP contribution in [-0.4, -0.2) is 17.7 Å². The maximum absolute atomic E-state index is 13.3. The highest BCUT2D eigenvalue weighted by Crippen LogP contribution is 2.21. The number of carbonyl (C=O) groups excluding carboxylic acids is 1. The topological polar surface area (TPSA) is 61.4 Å². The third-order valence-corrected chi connectivity index (χ3v) is 3.28. The van der Waals surface area contributed by atoms with Crippen LogP contribution in [-0.2, 0) is 6.42 Å². The fourth-order valence-electron chi connectivity index (χ4n) is 1.91. The molecule has 0 fully saturated rings. The normalized spacial score (nSPS) is 10.4. The van der Waals surface area contributed by atoms with Crippen LogP contribution in [0.2, 0.25) is 0 Å². The van der Waals surface area contributed by atoms with Gasteiger partial charge in [0.05, 0.1) is 0 Å². The molecule has 0 unspecified atom stereocenters. The highest BCUT2D eigenvalue weighted by atomic mass is 79.9. The van der Waals surface area contributed by atoms with Crippen molar-refractivity contribution in [2.75, 3.05) is 17.2 Å². The van der Waals surface area contributed by atoms with Gasteiger partial charge in [-0.25, -0.2) is 13.6 Å². The van der Waals surface area contributed by atoms with Gasteiger partial charge in [-0.15, -0.1) is 0 Å². The SMILES string of the molecule is O=C(Nc1cc(F)cc(Br)c1)Nc1cc(F)ccc1CCO. The molecule has 0 saturated carbocycles. The molecule has 0 aliphatic carbocycles. The molecule has 7 heteroatoms. The zero-order valence-corrected chi connectivity index (χ0v) is 13.0. The van der Waals surface area contributed by atoms with Gasteiger partial charge in [0.2, 0.25) is 0 Å². The first-order chi connectivity index (χ1) is 10.5. The Bertz CT molecular complexity index is 675. The zero-order chi connectivity index (χ0) is 16.1. The number of rotatable bonds is 4. The van der Waals surface area contributed by atoms with Gasteiger partial charge < -0.3 is 15.7 Å². The van der Waals surface area contributed by atoms with E-state index in [4.69, 9.17) is 5.11 Å². The van der Waals surface area contributed by atoms with Crippen LogP contribution in [0.25, 0.3) is 0 Å². The van der Waals surface area contributed by atoms with Gasteiger partial charge in [-0.1, -0.05) is 22.0 Å². The summed E-state index contributed by atoms with van der Waals surface area (Å²) in [6, 6.07) is 7.20. The summed E-state index contributed by atoms with van der Waals surface area (Å²) < 4.78 is 27.0. The molecular weight excluding hydrogens is 358 g/mol. The average molecular weight is 371 g/mol. The van der Waals surface area contributed by atoms with E-state index >= 15 is 0 Å². The number of nitrogens with one attached hydrogen (secondary N) is 2. The number of hydrogen-bond donors (Lipinski definition) is 3. The van der Waals surface area contributed by atoms with Crippen molar-refractivity contribution in [1.82, 2.24) is 0 Å². The fourth-order valence-corrected chi connectivity index (χ4v) is 2.38. The monoisotopic (exact) mass is 370 g/mol. The maximum atomic E-state index is 13.3. The molecule has 0 saturated heterocycles. The van der Waals surface area contributed by atoms with E-state index in [1.807, 2.05) is 0 Å². The molecule has 2 rings (SSSR count). The van der Waals surface area contributed by atoms with Crippen molar-refractivity contribution in [3.63, 3.8) is 0 Å². The Labute approximate surface area is 134 Å². The molecular formula is C15H13BrF2N2O2. The lowest BCUT2D eigenvalue weighted by Gasteiger charge is -2.12. The van der Waals surface area contributed by atoms with Gasteiger partial charge in [0.1, 0.15) is 11.6 Å². The quantitative estimate of drug-likeness (QED) is 0.763. The molecule has 0 spiro atoms. The number of hydrogen-bond acceptors (Lipinski definition) is 2. The van der Waals surface area contributed by atoms with E-state index in [0.29, 0.717) is 10.0 Å². The van der Waals surface area contributed by atoms with Crippen molar-refractivity contribution in [2.45, 2.75) is 6.42 Å². The van der Waals surface area contributed by atoms with Crippen molar-refractivity contribution in [3.8, 4) is 0 Å². The number of amides is 2. The molecule has 116 valence electrons. The zero-order valence-electron chi connectivity index (χ0n) is 11.4. The van der Waals surface area contributed by atoms with Crippen molar-refractivity contribution in [2.24, 2.45) is 0 Å². The van der Waals surface area contributed by atoms with Crippen molar-refractivity contribution < 1.29 is 18.7 Å². The molecule has 0 atom stereocenters. The third-order valence-electron chi connectivity index (χ3n) is 2.82. The van der Waals surface area contributed by atoms with E-state index in [0.717, 1.165) is 12.1 Å². The first-order valence-corrected chi connectivity index (χ1v) is 7.20. The lowest BCUT2D eigenvalue weighted by atomic mass is 10.1. The predicted molar refractivity (Wildman–Crippen MR) is 83.9 cm³/mol. The van der Waals surface area contributed by atoms with Crippen LogP contribution in [0.3, 0.4) is 0 Å². The summed E-state index contributed by atoms with van der Waals surface area (Å²) in [4.78, 5) is 11.9. The Morgan fingerprint density at radius 1 is 1.09 bits per heavy atom. The molecule has 0 aromatic heterocycles. The molecule has 4 nitrogen and oxygen atoms in total. The Morgan fingerprint density at radius 2 is 1.86 bits per heavy atom. The Kier molecular flexibility index (Phi) is 5.46. The number of aliphatic hydroxyl groups excluding tert-OH is 1. The van der Waals surface area contributed by atoms with Gasteiger partial charge in [0.15, 0.2) is 0 Å². The van der Waals surface area contributed by atoms with Crippen molar-refractivity contribution in [1.29, 1.82) is 0 Å². The predicted octanol–water partition coefficient (Wildman–Crippen LogP) is 3.91. The summed E-state index contributed by atoms with van der Waals surface area (Å²) in [6.07, 6.45) is 0.279. The van der Waals surface area contributed by atoms with Gasteiger partial charge in [-0.3, -0.25) is 0 Å². The van der Waals surface area contributed by atoms with E-state index < -0.39 is 17.7 Å². The average Bonchev–Trinajstić information content (AvgIpc) is 2.40. The van der Waals surface area contributed by atoms with Gasteiger partial charge in [-0.05, 0) is 42.3 Å². The summed E-state index contributed by atoms with van der Waals surface area (Å²) in [5, 5.41) is 13.9. The molecule has 0 bridgehead atoms. The number of carbonyl (C=O) groups is 1. The molecule has 3 N–H and O–H groups in total. The van der Waals surface area contributed by atoms with E-state index in [1.165, 1.54) is 24.3 Å². The number of anilines is 2. The Morgan fingerprint density at radius 3 is 2.55 bits per heavy atom. The molecule has 22 heavy (non-hydrogen) atoms. The highest BCUT2D eigenvalue weighted by Gasteiger charge is 2.09. The second-order valence-electron chi connectivity index (χ2n) is 4.51. The number of benzene rings is 2. The van der Waals surface area contributed by atoms with Crippen molar-refractivity contribution >= 4 is 33.3 Å². The Hall–Kier alpha value is -1.99. The molecule has 0 radical (unpaired) electrons. The van der Waals surface area contributed by atoms with Crippen LogP contribution >= 0.6 is 15.9 Å². The first-order valence-electron chi connectivity index (χ1n) is 6.41. The second kappa shape index (κ2) is 7.33. The molecule has 2 aromatic rings. The lowest BCUT2D eigenvalue weighted by Crippen LogP contribution is -2.20. The highest BCUT2D eigenvalue weighted by molar-refractivity contribution is 9.10. The van der Waals surface area contributed by atoms with Gasteiger partial charge >= 0.3 is 6.03 Å². The fraction of sp³-hybridized carbons (Fsp3) is 0.133. The standard InChI is InChI=1S/C15H13BrF2N2O2/c16-10-5-12(18)7-13(6-10)19-15(22)20-14-8-11(17)2-1-9(14)3-4-21/h1-2,5-8,21H,3-4H2,(H2,19,20,22). The van der Waals surface area contributed by atoms with E-state index in [9.17, 15) is 13.6 Å². The lowest BCUT2D eigenvalue weighted by molar-refractivity contribution is 0.262. The summed E-state index contributed by atoms with van der Waals surface area (Å²) >= 11 is 3.12. The van der Waals surface area contributed by atoms with Crippen LogP contribution in [0.1, 0.15) is 5.56 Å². The number of aliphatic hydroxyl groups is 1. The van der Waals surface area contributed by atoms with Crippen LogP contribution < -0.4 is 10.6 Å². The van der Waals surface area contributed by atoms with Crippen LogP contribution in [0, 0.1) is 11.6 Å². The van der Waals surface area contributed by atoms with Crippen LogP contribution in [0.15, 0.2) is 40.9 Å². The molecule has 0 aliphatic heterocycles. The van der Waals surface area contributed by atoms with E-state index in [-0.39, 0.29) is 24.4 Å². The molecule has 0 heterocycles. The molecule has 2 aromatic carbocycles. The van der Waals surface area contributed by atoms with E-state index in [2.05, 4.69) is 26.6 Å². The number of halogens is 3. The summed E-state index contributed by atoms with van der Waals surface area (Å²) in [5.74, 6) is -1.01. The minimum absolute atomic E-state index is 0.126. The maximum Gasteiger partial charge on any atom is 0.323 e. The summed E-state index contributed by atoms with van der Waals surface area (Å²) in [6.45, 7) is -0.126. The summed E-state index contributed by atoms with van der Waals surface area (Å²) in [5.41, 5.74) is 1.10. The molecule has 2 amide bonds. The largest absolute Gasteiger partial charge is 0.396 e. The van der Waals surface area contributed by atoms with Gasteiger partial charge in [0.25, 0.3) is 0 Å². The number of urea groups is 1. The smallest absolute Gasteiger partial charge is 0.323 e. The minimum atomic E-state index is -0.637. The van der Waals surface area contributed by atoms with Gasteiger partial charge in [-0.2, -0.15) is 0 Å². The minimum Gasteiger partial charge on any atom is -0.396 e. The first kappa shape index (κ1) is 16.4. The van der Waals surface area contributed by atoms with Crippen molar-refractivity contribution in [3.05, 3.63) is 58.1 Å². The van der Waals surface area contributed by atoms with Crippen LogP contribution in [0.5, 0.6) is 0 Å². The second-order valence-corrected chi connectivity index (χ2v) is 5.43. The van der Waals surface area contributed by atoms with E-state index in [1.54, 1.807) is 0 Å². The third kappa shape index (κ3) is 4.51. The van der Waals surface area contributed by atoms with Crippen LogP contribution in [0.4, 0.5) is 25.0 Å². The van der Waals surface area contributed by atoms with Gasteiger partial charge in [0, 0.05) is 22.5 Å². The Balaban J connectivity index is 2.13. The summed E-state index contributed by atoms with van der Waals surface area (Å²) in [7, 11) is 0.